The fraction of sp³-hybridized carbons (Fsp3) is 0.667. The van der Waals surface area contributed by atoms with E-state index in [2.05, 4.69) is 30.8 Å². The summed E-state index contributed by atoms with van der Waals surface area (Å²) in [6, 6.07) is 0. The fourth-order valence-electron chi connectivity index (χ4n) is 2.72. The SMILES string of the molecule is CC(C)(CCc1cn[nH]n1)C(=O)C(C)(C)CCc1cn[nH]n1. The van der Waals surface area contributed by atoms with Crippen LogP contribution in [0, 0.1) is 10.8 Å². The van der Waals surface area contributed by atoms with Crippen molar-refractivity contribution >= 4 is 5.78 Å². The summed E-state index contributed by atoms with van der Waals surface area (Å²) >= 11 is 0. The molecule has 0 aliphatic rings. The molecule has 0 fully saturated rings. The molecule has 0 spiro atoms. The number of aromatic amines is 2. The van der Waals surface area contributed by atoms with Gasteiger partial charge in [0.15, 0.2) is 0 Å². The van der Waals surface area contributed by atoms with Gasteiger partial charge in [-0.2, -0.15) is 30.8 Å². The Morgan fingerprint density at radius 2 is 1.32 bits per heavy atom. The number of aromatic nitrogens is 6. The Morgan fingerprint density at radius 3 is 1.64 bits per heavy atom. The molecule has 2 aromatic rings. The van der Waals surface area contributed by atoms with Crippen molar-refractivity contribution in [3.63, 3.8) is 0 Å². The summed E-state index contributed by atoms with van der Waals surface area (Å²) in [6.07, 6.45) is 6.41. The summed E-state index contributed by atoms with van der Waals surface area (Å²) < 4.78 is 0. The lowest BCUT2D eigenvalue weighted by Gasteiger charge is -2.33. The van der Waals surface area contributed by atoms with E-state index in [0.29, 0.717) is 0 Å². The van der Waals surface area contributed by atoms with Crippen molar-refractivity contribution in [3.05, 3.63) is 23.8 Å². The molecule has 0 unspecified atom stereocenters. The Hall–Kier alpha value is -2.05. The second-order valence-corrected chi connectivity index (χ2v) is 7.02. The number of Topliss-reactive ketones (excluding diaryl/α,β-unsaturated/α-hetero) is 1. The van der Waals surface area contributed by atoms with E-state index in [1.165, 1.54) is 0 Å². The first-order valence-corrected chi connectivity index (χ1v) is 7.55. The largest absolute Gasteiger partial charge is 0.299 e. The molecule has 2 rings (SSSR count). The summed E-state index contributed by atoms with van der Waals surface area (Å²) in [4.78, 5) is 12.9. The first-order valence-electron chi connectivity index (χ1n) is 7.55. The van der Waals surface area contributed by atoms with Crippen molar-refractivity contribution in [1.29, 1.82) is 0 Å². The number of hydrogen-bond donors (Lipinski definition) is 2. The maximum Gasteiger partial charge on any atom is 0.144 e. The van der Waals surface area contributed by atoms with Crippen LogP contribution < -0.4 is 0 Å². The van der Waals surface area contributed by atoms with Crippen molar-refractivity contribution in [1.82, 2.24) is 30.8 Å². The number of carbonyl (C=O) groups excluding carboxylic acids is 1. The quantitative estimate of drug-likeness (QED) is 0.778. The molecule has 0 aliphatic heterocycles. The third-order valence-electron chi connectivity index (χ3n) is 4.17. The number of hydrogen-bond acceptors (Lipinski definition) is 5. The second-order valence-electron chi connectivity index (χ2n) is 7.02. The van der Waals surface area contributed by atoms with Gasteiger partial charge in [0.2, 0.25) is 0 Å². The number of nitrogens with one attached hydrogen (secondary N) is 2. The van der Waals surface area contributed by atoms with Crippen LogP contribution >= 0.6 is 0 Å². The minimum absolute atomic E-state index is 0.270. The highest BCUT2D eigenvalue weighted by Gasteiger charge is 2.38. The van der Waals surface area contributed by atoms with Crippen molar-refractivity contribution in [2.75, 3.05) is 0 Å². The van der Waals surface area contributed by atoms with Gasteiger partial charge in [0.1, 0.15) is 5.78 Å². The first kappa shape index (κ1) is 16.3. The van der Waals surface area contributed by atoms with E-state index in [1.54, 1.807) is 12.4 Å². The highest BCUT2D eigenvalue weighted by molar-refractivity contribution is 5.89. The Balaban J connectivity index is 1.94. The average molecular weight is 304 g/mol. The third-order valence-corrected chi connectivity index (χ3v) is 4.17. The first-order chi connectivity index (χ1) is 10.3. The maximum atomic E-state index is 12.9. The van der Waals surface area contributed by atoms with Crippen LogP contribution in [0.1, 0.15) is 51.9 Å². The zero-order valence-corrected chi connectivity index (χ0v) is 13.7. The van der Waals surface area contributed by atoms with Crippen molar-refractivity contribution in [3.8, 4) is 0 Å². The molecule has 2 aromatic heterocycles. The number of nitrogens with zero attached hydrogens (tertiary/aromatic N) is 4. The van der Waals surface area contributed by atoms with E-state index in [4.69, 9.17) is 0 Å². The zero-order valence-electron chi connectivity index (χ0n) is 13.7. The van der Waals surface area contributed by atoms with Crippen LogP contribution in [-0.2, 0) is 17.6 Å². The summed E-state index contributed by atoms with van der Waals surface area (Å²) in [7, 11) is 0. The van der Waals surface area contributed by atoms with E-state index < -0.39 is 10.8 Å². The number of H-pyrrole nitrogens is 2. The molecular weight excluding hydrogens is 280 g/mol. The molecule has 22 heavy (non-hydrogen) atoms. The molecule has 0 atom stereocenters. The van der Waals surface area contributed by atoms with Gasteiger partial charge < -0.3 is 0 Å². The Labute approximate surface area is 130 Å². The van der Waals surface area contributed by atoms with Gasteiger partial charge in [0.05, 0.1) is 23.8 Å². The van der Waals surface area contributed by atoms with Crippen LogP contribution in [0.3, 0.4) is 0 Å². The van der Waals surface area contributed by atoms with E-state index in [-0.39, 0.29) is 5.78 Å². The lowest BCUT2D eigenvalue weighted by Crippen LogP contribution is -2.37. The molecule has 0 amide bonds. The van der Waals surface area contributed by atoms with Crippen LogP contribution in [0.15, 0.2) is 12.4 Å². The Morgan fingerprint density at radius 1 is 0.909 bits per heavy atom. The smallest absolute Gasteiger partial charge is 0.144 e. The van der Waals surface area contributed by atoms with E-state index in [1.807, 2.05) is 27.7 Å². The summed E-state index contributed by atoms with van der Waals surface area (Å²) in [5.41, 5.74) is 0.987. The lowest BCUT2D eigenvalue weighted by atomic mass is 9.69. The molecule has 0 saturated heterocycles. The van der Waals surface area contributed by atoms with Crippen LogP contribution in [0.25, 0.3) is 0 Å². The van der Waals surface area contributed by atoms with Crippen LogP contribution in [-0.4, -0.2) is 36.6 Å². The van der Waals surface area contributed by atoms with Gasteiger partial charge in [-0.1, -0.05) is 27.7 Å². The standard InChI is InChI=1S/C15H24N6O/c1-14(2,7-5-11-9-16-20-18-11)13(22)15(3,4)8-6-12-10-17-21-19-12/h9-10H,5-8H2,1-4H3,(H,16,18,20)(H,17,19,21). The third kappa shape index (κ3) is 3.99. The van der Waals surface area contributed by atoms with Gasteiger partial charge in [-0.3, -0.25) is 4.79 Å². The number of ketones is 1. The van der Waals surface area contributed by atoms with Crippen LogP contribution in [0.2, 0.25) is 0 Å². The molecule has 120 valence electrons. The zero-order chi connectivity index (χ0) is 16.2. The summed E-state index contributed by atoms with van der Waals surface area (Å²) in [5, 5.41) is 20.9. The summed E-state index contributed by atoms with van der Waals surface area (Å²) in [5.74, 6) is 0.270. The molecule has 2 N–H and O–H groups in total. The van der Waals surface area contributed by atoms with Gasteiger partial charge in [-0.05, 0) is 25.7 Å². The molecule has 0 radical (unpaired) electrons. The van der Waals surface area contributed by atoms with Crippen molar-refractivity contribution in [2.45, 2.75) is 53.4 Å². The molecule has 0 aromatic carbocycles. The van der Waals surface area contributed by atoms with Crippen molar-refractivity contribution in [2.24, 2.45) is 10.8 Å². The molecule has 0 aliphatic carbocycles. The normalized spacial score (nSPS) is 12.5. The van der Waals surface area contributed by atoms with E-state index >= 15 is 0 Å². The van der Waals surface area contributed by atoms with Gasteiger partial charge in [-0.15, -0.1) is 0 Å². The minimum atomic E-state index is -0.397. The molecule has 7 nitrogen and oxygen atoms in total. The Bertz CT molecular complexity index is 533. The topological polar surface area (TPSA) is 100 Å². The van der Waals surface area contributed by atoms with Gasteiger partial charge in [0, 0.05) is 10.8 Å². The lowest BCUT2D eigenvalue weighted by molar-refractivity contribution is -0.136. The van der Waals surface area contributed by atoms with Crippen molar-refractivity contribution < 1.29 is 4.79 Å². The highest BCUT2D eigenvalue weighted by Crippen LogP contribution is 2.36. The number of aryl methyl sites for hydroxylation is 2. The number of carbonyl (C=O) groups is 1. The minimum Gasteiger partial charge on any atom is -0.299 e. The van der Waals surface area contributed by atoms with Crippen LogP contribution in [0.5, 0.6) is 0 Å². The Kier molecular flexibility index (Phi) is 4.73. The highest BCUT2D eigenvalue weighted by atomic mass is 16.1. The number of rotatable bonds is 8. The van der Waals surface area contributed by atoms with Gasteiger partial charge in [-0.25, -0.2) is 0 Å². The van der Waals surface area contributed by atoms with Crippen LogP contribution in [0.4, 0.5) is 0 Å². The fourth-order valence-corrected chi connectivity index (χ4v) is 2.72. The van der Waals surface area contributed by atoms with Gasteiger partial charge >= 0.3 is 0 Å². The molecule has 2 heterocycles. The van der Waals surface area contributed by atoms with Gasteiger partial charge in [0.25, 0.3) is 0 Å². The second kappa shape index (κ2) is 6.37. The molecule has 7 heteroatoms. The predicted octanol–water partition coefficient (Wildman–Crippen LogP) is 2.11. The molecule has 0 saturated carbocycles. The summed E-state index contributed by atoms with van der Waals surface area (Å²) in [6.45, 7) is 8.03. The molecular formula is C15H24N6O. The van der Waals surface area contributed by atoms with E-state index in [9.17, 15) is 4.79 Å². The predicted molar refractivity (Wildman–Crippen MR) is 82.0 cm³/mol. The maximum absolute atomic E-state index is 12.9. The average Bonchev–Trinajstić information content (AvgIpc) is 3.15. The monoisotopic (exact) mass is 304 g/mol. The van der Waals surface area contributed by atoms with E-state index in [0.717, 1.165) is 37.1 Å². The molecule has 0 bridgehead atoms.